The summed E-state index contributed by atoms with van der Waals surface area (Å²) in [6.45, 7) is 12.1. The number of nitrogens with zero attached hydrogens (tertiary/aromatic N) is 1. The Morgan fingerprint density at radius 3 is 2.63 bits per heavy atom. The maximum atomic E-state index is 11.7. The summed E-state index contributed by atoms with van der Waals surface area (Å²) in [5.74, 6) is 0.112. The van der Waals surface area contributed by atoms with E-state index in [0.29, 0.717) is 6.54 Å². The van der Waals surface area contributed by atoms with Crippen LogP contribution in [0.2, 0.25) is 0 Å². The van der Waals surface area contributed by atoms with Crippen LogP contribution >= 0.6 is 12.4 Å². The van der Waals surface area contributed by atoms with E-state index in [0.717, 1.165) is 26.3 Å². The molecule has 0 unspecified atom stereocenters. The molecular weight excluding hydrogens is 266 g/mol. The van der Waals surface area contributed by atoms with E-state index in [4.69, 9.17) is 10.5 Å². The van der Waals surface area contributed by atoms with Crippen LogP contribution in [-0.4, -0.2) is 55.2 Å². The van der Waals surface area contributed by atoms with Crippen molar-refractivity contribution < 1.29 is 9.53 Å². The summed E-state index contributed by atoms with van der Waals surface area (Å²) in [4.78, 5) is 14.1. The number of ether oxygens (including phenoxy) is 1. The van der Waals surface area contributed by atoms with Crippen molar-refractivity contribution in [3.63, 3.8) is 0 Å². The van der Waals surface area contributed by atoms with E-state index >= 15 is 0 Å². The number of morpholine rings is 1. The first-order valence-electron chi connectivity index (χ1n) is 6.70. The first-order valence-corrected chi connectivity index (χ1v) is 6.70. The molecule has 5 nitrogen and oxygen atoms in total. The lowest BCUT2D eigenvalue weighted by molar-refractivity contribution is -0.123. The van der Waals surface area contributed by atoms with E-state index in [1.807, 2.05) is 13.8 Å². The molecule has 114 valence electrons. The van der Waals surface area contributed by atoms with Gasteiger partial charge < -0.3 is 15.8 Å². The molecule has 1 fully saturated rings. The van der Waals surface area contributed by atoms with Crippen LogP contribution in [0, 0.1) is 5.92 Å². The smallest absolute Gasteiger partial charge is 0.237 e. The Morgan fingerprint density at radius 1 is 1.47 bits per heavy atom. The van der Waals surface area contributed by atoms with Gasteiger partial charge in [-0.3, -0.25) is 9.69 Å². The van der Waals surface area contributed by atoms with Crippen LogP contribution in [0.3, 0.4) is 0 Å². The van der Waals surface area contributed by atoms with Gasteiger partial charge in [-0.15, -0.1) is 12.4 Å². The van der Waals surface area contributed by atoms with Crippen LogP contribution in [0.1, 0.15) is 27.7 Å². The van der Waals surface area contributed by atoms with Gasteiger partial charge in [-0.25, -0.2) is 0 Å². The summed E-state index contributed by atoms with van der Waals surface area (Å²) in [6, 6.07) is -0.414. The third kappa shape index (κ3) is 5.65. The normalized spacial score (nSPS) is 20.7. The molecule has 1 heterocycles. The monoisotopic (exact) mass is 293 g/mol. The van der Waals surface area contributed by atoms with E-state index in [-0.39, 0.29) is 29.8 Å². The molecule has 6 heteroatoms. The lowest BCUT2D eigenvalue weighted by Gasteiger charge is -2.42. The minimum absolute atomic E-state index is 0. The number of nitrogens with two attached hydrogens (primary N) is 1. The average Bonchev–Trinajstić information content (AvgIpc) is 2.29. The Bertz CT molecular complexity index is 285. The number of hydrogen-bond acceptors (Lipinski definition) is 4. The van der Waals surface area contributed by atoms with Crippen molar-refractivity contribution in [2.75, 3.05) is 32.8 Å². The fourth-order valence-electron chi connectivity index (χ4n) is 2.04. The zero-order valence-electron chi connectivity index (χ0n) is 12.4. The molecule has 0 radical (unpaired) electrons. The summed E-state index contributed by atoms with van der Waals surface area (Å²) in [5, 5.41) is 2.90. The van der Waals surface area contributed by atoms with Gasteiger partial charge in [-0.2, -0.15) is 0 Å². The maximum absolute atomic E-state index is 11.7. The lowest BCUT2D eigenvalue weighted by atomic mass is 10.0. The van der Waals surface area contributed by atoms with Crippen molar-refractivity contribution in [2.24, 2.45) is 11.7 Å². The van der Waals surface area contributed by atoms with E-state index in [1.165, 1.54) is 0 Å². The minimum Gasteiger partial charge on any atom is -0.378 e. The minimum atomic E-state index is -0.414. The fourth-order valence-corrected chi connectivity index (χ4v) is 2.04. The van der Waals surface area contributed by atoms with E-state index < -0.39 is 6.04 Å². The largest absolute Gasteiger partial charge is 0.378 e. The molecule has 1 amide bonds. The van der Waals surface area contributed by atoms with Crippen LogP contribution in [0.15, 0.2) is 0 Å². The lowest BCUT2D eigenvalue weighted by Crippen LogP contribution is -2.55. The quantitative estimate of drug-likeness (QED) is 0.780. The van der Waals surface area contributed by atoms with Gasteiger partial charge in [0.25, 0.3) is 0 Å². The Hall–Kier alpha value is -0.360. The van der Waals surface area contributed by atoms with Crippen molar-refractivity contribution in [3.8, 4) is 0 Å². The van der Waals surface area contributed by atoms with Crippen molar-refractivity contribution >= 4 is 18.3 Å². The molecule has 1 aliphatic rings. The second kappa shape index (κ2) is 8.04. The SMILES string of the molecule is CC(C)[C@H](N)C(=O)NCCN1CCOCC1(C)C.Cl. The highest BCUT2D eigenvalue weighted by atomic mass is 35.5. The first-order chi connectivity index (χ1) is 8.34. The van der Waals surface area contributed by atoms with Crippen LogP contribution in [0.25, 0.3) is 0 Å². The van der Waals surface area contributed by atoms with E-state index in [2.05, 4.69) is 24.1 Å². The summed E-state index contributed by atoms with van der Waals surface area (Å²) < 4.78 is 5.46. The molecule has 3 N–H and O–H groups in total. The molecule has 1 saturated heterocycles. The van der Waals surface area contributed by atoms with Crippen LogP contribution in [0.5, 0.6) is 0 Å². The van der Waals surface area contributed by atoms with E-state index in [1.54, 1.807) is 0 Å². The van der Waals surface area contributed by atoms with Gasteiger partial charge in [0.05, 0.1) is 19.3 Å². The maximum Gasteiger partial charge on any atom is 0.237 e. The zero-order valence-corrected chi connectivity index (χ0v) is 13.3. The van der Waals surface area contributed by atoms with Gasteiger partial charge in [0.15, 0.2) is 0 Å². The summed E-state index contributed by atoms with van der Waals surface area (Å²) in [5.41, 5.74) is 5.83. The predicted octanol–water partition coefficient (Wildman–Crippen LogP) is 0.619. The average molecular weight is 294 g/mol. The van der Waals surface area contributed by atoms with E-state index in [9.17, 15) is 4.79 Å². The van der Waals surface area contributed by atoms with Gasteiger partial charge in [0, 0.05) is 25.2 Å². The standard InChI is InChI=1S/C13H27N3O2.ClH/c1-10(2)11(14)12(17)15-5-6-16-7-8-18-9-13(16,3)4;/h10-11H,5-9,14H2,1-4H3,(H,15,17);1H/t11-;/m0./s1. The number of amides is 1. The molecule has 0 saturated carbocycles. The Kier molecular flexibility index (Phi) is 7.89. The third-order valence-corrected chi connectivity index (χ3v) is 3.52. The highest BCUT2D eigenvalue weighted by Crippen LogP contribution is 2.17. The first kappa shape index (κ1) is 18.6. The van der Waals surface area contributed by atoms with Gasteiger partial charge >= 0.3 is 0 Å². The Balaban J connectivity index is 0.00000324. The molecule has 0 aromatic carbocycles. The second-order valence-electron chi connectivity index (χ2n) is 5.91. The van der Waals surface area contributed by atoms with Gasteiger partial charge in [-0.05, 0) is 19.8 Å². The third-order valence-electron chi connectivity index (χ3n) is 3.52. The van der Waals surface area contributed by atoms with Gasteiger partial charge in [0.2, 0.25) is 5.91 Å². The molecule has 0 spiro atoms. The topological polar surface area (TPSA) is 67.6 Å². The molecule has 1 atom stereocenters. The molecule has 19 heavy (non-hydrogen) atoms. The van der Waals surface area contributed by atoms with Crippen LogP contribution in [0.4, 0.5) is 0 Å². The van der Waals surface area contributed by atoms with Gasteiger partial charge in [0.1, 0.15) is 0 Å². The Morgan fingerprint density at radius 2 is 2.11 bits per heavy atom. The van der Waals surface area contributed by atoms with Gasteiger partial charge in [-0.1, -0.05) is 13.8 Å². The molecule has 1 rings (SSSR count). The van der Waals surface area contributed by atoms with Crippen molar-refractivity contribution in [1.82, 2.24) is 10.2 Å². The number of carbonyl (C=O) groups is 1. The van der Waals surface area contributed by atoms with Crippen molar-refractivity contribution in [1.29, 1.82) is 0 Å². The van der Waals surface area contributed by atoms with Crippen LogP contribution < -0.4 is 11.1 Å². The second-order valence-corrected chi connectivity index (χ2v) is 5.91. The molecule has 0 aromatic rings. The highest BCUT2D eigenvalue weighted by molar-refractivity contribution is 5.85. The zero-order chi connectivity index (χ0) is 13.8. The van der Waals surface area contributed by atoms with Crippen molar-refractivity contribution in [3.05, 3.63) is 0 Å². The number of hydrogen-bond donors (Lipinski definition) is 2. The number of rotatable bonds is 5. The number of nitrogens with one attached hydrogen (secondary N) is 1. The summed E-state index contributed by atoms with van der Waals surface area (Å²) in [7, 11) is 0. The Labute approximate surface area is 122 Å². The molecular formula is C13H28ClN3O2. The number of halogens is 1. The number of carbonyl (C=O) groups excluding carboxylic acids is 1. The molecule has 0 bridgehead atoms. The summed E-state index contributed by atoms with van der Waals surface area (Å²) >= 11 is 0. The van der Waals surface area contributed by atoms with Crippen LogP contribution in [-0.2, 0) is 9.53 Å². The highest BCUT2D eigenvalue weighted by Gasteiger charge is 2.30. The predicted molar refractivity (Wildman–Crippen MR) is 79.5 cm³/mol. The summed E-state index contributed by atoms with van der Waals surface area (Å²) in [6.07, 6.45) is 0. The van der Waals surface area contributed by atoms with Crippen molar-refractivity contribution in [2.45, 2.75) is 39.3 Å². The molecule has 1 aliphatic heterocycles. The molecule has 0 aromatic heterocycles. The fraction of sp³-hybridized carbons (Fsp3) is 0.923. The molecule has 0 aliphatic carbocycles.